The Morgan fingerprint density at radius 2 is 1.75 bits per heavy atom. The lowest BCUT2D eigenvalue weighted by Crippen LogP contribution is -2.36. The zero-order valence-corrected chi connectivity index (χ0v) is 16.5. The summed E-state index contributed by atoms with van der Waals surface area (Å²) < 4.78 is 31.2. The number of hydrogen-bond acceptors (Lipinski definition) is 4. The summed E-state index contributed by atoms with van der Waals surface area (Å²) in [5.74, 6) is 0.610. The highest BCUT2D eigenvalue weighted by molar-refractivity contribution is 7.88. The Bertz CT molecular complexity index is 1030. The van der Waals surface area contributed by atoms with Crippen LogP contribution in [0.15, 0.2) is 59.0 Å². The maximum atomic E-state index is 12.2. The number of carbonyl (C=O) groups excluding carboxylic acids is 1. The largest absolute Gasteiger partial charge is 0.459 e. The summed E-state index contributed by atoms with van der Waals surface area (Å²) in [7, 11) is -1.91. The van der Waals surface area contributed by atoms with E-state index in [9.17, 15) is 13.2 Å². The molecule has 2 amide bonds. The highest BCUT2D eigenvalue weighted by Crippen LogP contribution is 2.23. The van der Waals surface area contributed by atoms with Crippen molar-refractivity contribution in [3.63, 3.8) is 0 Å². The number of amides is 2. The summed E-state index contributed by atoms with van der Waals surface area (Å²) in [6.07, 6.45) is 0. The van der Waals surface area contributed by atoms with Crippen molar-refractivity contribution in [3.05, 3.63) is 71.5 Å². The predicted molar refractivity (Wildman–Crippen MR) is 108 cm³/mol. The molecule has 0 saturated heterocycles. The molecule has 1 aromatic heterocycles. The molecule has 0 saturated carbocycles. The van der Waals surface area contributed by atoms with Crippen LogP contribution in [0.25, 0.3) is 11.0 Å². The fraction of sp³-hybridized carbons (Fsp3) is 0.250. The lowest BCUT2D eigenvalue weighted by atomic mass is 10.1. The van der Waals surface area contributed by atoms with Gasteiger partial charge in [-0.2, -0.15) is 0 Å². The molecule has 148 valence electrons. The van der Waals surface area contributed by atoms with Gasteiger partial charge < -0.3 is 15.1 Å². The number of furan rings is 1. The van der Waals surface area contributed by atoms with Crippen molar-refractivity contribution in [2.24, 2.45) is 0 Å². The maximum absolute atomic E-state index is 12.2. The Balaban J connectivity index is 1.52. The third kappa shape index (κ3) is 5.11. The Kier molecular flexibility index (Phi) is 6.01. The van der Waals surface area contributed by atoms with Gasteiger partial charge in [-0.25, -0.2) is 17.9 Å². The van der Waals surface area contributed by atoms with E-state index in [-0.39, 0.29) is 17.8 Å². The highest BCUT2D eigenvalue weighted by atomic mass is 32.2. The fourth-order valence-electron chi connectivity index (χ4n) is 2.76. The van der Waals surface area contributed by atoms with E-state index in [1.807, 2.05) is 37.3 Å². The molecule has 2 aromatic carbocycles. The number of benzene rings is 2. The van der Waals surface area contributed by atoms with E-state index < -0.39 is 10.0 Å². The van der Waals surface area contributed by atoms with Gasteiger partial charge in [0.15, 0.2) is 0 Å². The molecule has 0 radical (unpaired) electrons. The van der Waals surface area contributed by atoms with Crippen molar-refractivity contribution in [2.75, 3.05) is 7.05 Å². The van der Waals surface area contributed by atoms with E-state index in [0.717, 1.165) is 16.5 Å². The number of nitrogens with one attached hydrogen (secondary N) is 3. The van der Waals surface area contributed by atoms with Crippen LogP contribution in [0.5, 0.6) is 0 Å². The number of carbonyl (C=O) groups is 1. The molecule has 8 heteroatoms. The summed E-state index contributed by atoms with van der Waals surface area (Å²) in [5, 5.41) is 6.63. The first-order chi connectivity index (χ1) is 13.4. The van der Waals surface area contributed by atoms with Crippen LogP contribution in [0.3, 0.4) is 0 Å². The maximum Gasteiger partial charge on any atom is 0.315 e. The lowest BCUT2D eigenvalue weighted by molar-refractivity contribution is 0.236. The molecule has 0 aliphatic carbocycles. The van der Waals surface area contributed by atoms with Gasteiger partial charge in [-0.1, -0.05) is 42.5 Å². The van der Waals surface area contributed by atoms with Gasteiger partial charge in [0.05, 0.1) is 11.8 Å². The van der Waals surface area contributed by atoms with E-state index in [2.05, 4.69) is 15.4 Å². The standard InChI is InChI=1S/C20H23N3O4S/c1-14(19-11-17-5-3-4-6-18(17)27-19)23-20(24)22-12-15-7-9-16(10-8-15)13-28(25,26)21-2/h3-11,14,21H,12-13H2,1-2H3,(H2,22,23,24)/t14-/m0/s1. The predicted octanol–water partition coefficient (Wildman–Crippen LogP) is 3.04. The molecule has 7 nitrogen and oxygen atoms in total. The minimum absolute atomic E-state index is 0.0767. The number of urea groups is 1. The number of rotatable bonds is 7. The molecule has 0 bridgehead atoms. The second kappa shape index (κ2) is 8.45. The van der Waals surface area contributed by atoms with Gasteiger partial charge in [-0.05, 0) is 37.2 Å². The first-order valence-corrected chi connectivity index (χ1v) is 10.5. The summed E-state index contributed by atoms with van der Waals surface area (Å²) in [6, 6.07) is 16.1. The number of para-hydroxylation sites is 1. The van der Waals surface area contributed by atoms with Gasteiger partial charge in [0, 0.05) is 11.9 Å². The zero-order chi connectivity index (χ0) is 20.1. The van der Waals surface area contributed by atoms with Crippen LogP contribution in [-0.4, -0.2) is 21.5 Å². The van der Waals surface area contributed by atoms with Crippen molar-refractivity contribution in [3.8, 4) is 0 Å². The second-order valence-corrected chi connectivity index (χ2v) is 8.44. The van der Waals surface area contributed by atoms with Crippen molar-refractivity contribution < 1.29 is 17.6 Å². The number of hydrogen-bond donors (Lipinski definition) is 3. The monoisotopic (exact) mass is 401 g/mol. The van der Waals surface area contributed by atoms with Crippen LogP contribution in [-0.2, 0) is 22.3 Å². The molecule has 3 rings (SSSR count). The summed E-state index contributed by atoms with van der Waals surface area (Å²) in [4.78, 5) is 12.2. The molecule has 3 N–H and O–H groups in total. The SMILES string of the molecule is CNS(=O)(=O)Cc1ccc(CNC(=O)N[C@@H](C)c2cc3ccccc3o2)cc1. The molecule has 28 heavy (non-hydrogen) atoms. The Hall–Kier alpha value is -2.84. The van der Waals surface area contributed by atoms with E-state index in [0.29, 0.717) is 17.9 Å². The van der Waals surface area contributed by atoms with Crippen molar-refractivity contribution in [2.45, 2.75) is 25.3 Å². The van der Waals surface area contributed by atoms with Gasteiger partial charge in [0.2, 0.25) is 10.0 Å². The first-order valence-electron chi connectivity index (χ1n) is 8.88. The molecule has 3 aromatic rings. The zero-order valence-electron chi connectivity index (χ0n) is 15.7. The molecular formula is C20H23N3O4S. The molecule has 1 heterocycles. The molecule has 0 fully saturated rings. The smallest absolute Gasteiger partial charge is 0.315 e. The Morgan fingerprint density at radius 3 is 2.43 bits per heavy atom. The van der Waals surface area contributed by atoms with Crippen molar-refractivity contribution in [1.29, 1.82) is 0 Å². The molecular weight excluding hydrogens is 378 g/mol. The van der Waals surface area contributed by atoms with Crippen LogP contribution >= 0.6 is 0 Å². The van der Waals surface area contributed by atoms with Gasteiger partial charge >= 0.3 is 6.03 Å². The van der Waals surface area contributed by atoms with Gasteiger partial charge in [0.1, 0.15) is 11.3 Å². The average molecular weight is 401 g/mol. The normalized spacial score (nSPS) is 12.6. The number of fused-ring (bicyclic) bond motifs is 1. The highest BCUT2D eigenvalue weighted by Gasteiger charge is 2.14. The minimum Gasteiger partial charge on any atom is -0.459 e. The third-order valence-corrected chi connectivity index (χ3v) is 5.70. The van der Waals surface area contributed by atoms with E-state index in [1.165, 1.54) is 7.05 Å². The lowest BCUT2D eigenvalue weighted by Gasteiger charge is -2.12. The van der Waals surface area contributed by atoms with Crippen LogP contribution < -0.4 is 15.4 Å². The van der Waals surface area contributed by atoms with Gasteiger partial charge in [-0.3, -0.25) is 0 Å². The Labute approximate surface area is 164 Å². The van der Waals surface area contributed by atoms with Gasteiger partial charge in [0.25, 0.3) is 0 Å². The Morgan fingerprint density at radius 1 is 1.07 bits per heavy atom. The molecule has 0 spiro atoms. The fourth-order valence-corrected chi connectivity index (χ4v) is 3.54. The van der Waals surface area contributed by atoms with E-state index in [4.69, 9.17) is 4.42 Å². The second-order valence-electron chi connectivity index (χ2n) is 6.52. The summed E-state index contributed by atoms with van der Waals surface area (Å²) in [5.41, 5.74) is 2.34. The minimum atomic E-state index is -3.30. The number of sulfonamides is 1. The average Bonchev–Trinajstić information content (AvgIpc) is 3.12. The quantitative estimate of drug-likeness (QED) is 0.566. The van der Waals surface area contributed by atoms with Crippen molar-refractivity contribution >= 4 is 27.0 Å². The first kappa shape index (κ1) is 19.9. The molecule has 0 aliphatic rings. The van der Waals surface area contributed by atoms with Crippen LogP contribution in [0.4, 0.5) is 4.79 Å². The van der Waals surface area contributed by atoms with Crippen molar-refractivity contribution in [1.82, 2.24) is 15.4 Å². The van der Waals surface area contributed by atoms with E-state index >= 15 is 0 Å². The molecule has 0 unspecified atom stereocenters. The van der Waals surface area contributed by atoms with Crippen LogP contribution in [0, 0.1) is 0 Å². The summed E-state index contributed by atoms with van der Waals surface area (Å²) >= 11 is 0. The van der Waals surface area contributed by atoms with E-state index in [1.54, 1.807) is 24.3 Å². The molecule has 1 atom stereocenters. The summed E-state index contributed by atoms with van der Waals surface area (Å²) in [6.45, 7) is 2.19. The topological polar surface area (TPSA) is 100 Å². The third-order valence-electron chi connectivity index (χ3n) is 4.36. The van der Waals surface area contributed by atoms with Gasteiger partial charge in [-0.15, -0.1) is 0 Å². The van der Waals surface area contributed by atoms with Crippen LogP contribution in [0.1, 0.15) is 29.9 Å². The van der Waals surface area contributed by atoms with Crippen LogP contribution in [0.2, 0.25) is 0 Å². The molecule has 0 aliphatic heterocycles.